The van der Waals surface area contributed by atoms with Gasteiger partial charge in [-0.15, -0.1) is 0 Å². The predicted molar refractivity (Wildman–Crippen MR) is 130 cm³/mol. The van der Waals surface area contributed by atoms with Gasteiger partial charge in [0.15, 0.2) is 11.5 Å². The van der Waals surface area contributed by atoms with E-state index in [-0.39, 0.29) is 35.7 Å². The van der Waals surface area contributed by atoms with Crippen LogP contribution in [0.25, 0.3) is 0 Å². The maximum Gasteiger partial charge on any atom is 0.253 e. The summed E-state index contributed by atoms with van der Waals surface area (Å²) in [5, 5.41) is 10.4. The molecule has 3 aliphatic heterocycles. The van der Waals surface area contributed by atoms with Crippen molar-refractivity contribution in [3.63, 3.8) is 0 Å². The Morgan fingerprint density at radius 1 is 1.23 bits per heavy atom. The second kappa shape index (κ2) is 8.41. The van der Waals surface area contributed by atoms with Crippen molar-refractivity contribution in [2.45, 2.75) is 51.0 Å². The average Bonchev–Trinajstić information content (AvgIpc) is 3.36. The van der Waals surface area contributed by atoms with Gasteiger partial charge in [-0.1, -0.05) is 24.3 Å². The summed E-state index contributed by atoms with van der Waals surface area (Å²) in [4.78, 5) is 19.5. The minimum Gasteiger partial charge on any atom is -0.504 e. The number of phenolic OH excluding ortho intramolecular Hbond substituents is 1. The van der Waals surface area contributed by atoms with Gasteiger partial charge in [-0.25, -0.2) is 4.98 Å². The number of nitrogens with zero attached hydrogens (tertiary/aromatic N) is 3. The summed E-state index contributed by atoms with van der Waals surface area (Å²) in [6.07, 6.45) is 7.18. The standard InChI is InChI=1S/C28H31N3O4/c1-28(2)22-14-20-16-31(27(33)19-6-3-5-18(13-19)15-30-12-10-29-17-30)11-9-24(20)34-25(22)21-7-4-8-23(32)26(21)35-28/h3-8,10,12-13,17,20,22,24-25,32H,9,11,14-16H2,1-2H3/t20-,22+,24+,25-/m0/s1. The van der Waals surface area contributed by atoms with E-state index in [1.54, 1.807) is 18.6 Å². The van der Waals surface area contributed by atoms with E-state index in [1.165, 1.54) is 0 Å². The number of fused-ring (bicyclic) bond motifs is 4. The molecule has 3 aromatic rings. The summed E-state index contributed by atoms with van der Waals surface area (Å²) in [6.45, 7) is 6.19. The summed E-state index contributed by atoms with van der Waals surface area (Å²) in [5.74, 6) is 1.18. The SMILES string of the molecule is CC1(C)Oc2c(O)cccc2[C@@H]2O[C@@H]3CCN(C(=O)c4cccc(Cn5ccnc5)c4)C[C@@H]3C[C@H]21. The van der Waals surface area contributed by atoms with E-state index in [2.05, 4.69) is 18.8 Å². The third kappa shape index (κ3) is 3.97. The van der Waals surface area contributed by atoms with E-state index in [9.17, 15) is 9.90 Å². The maximum absolute atomic E-state index is 13.5. The summed E-state index contributed by atoms with van der Waals surface area (Å²) in [7, 11) is 0. The number of hydrogen-bond acceptors (Lipinski definition) is 5. The number of likely N-dealkylation sites (tertiary alicyclic amines) is 1. The van der Waals surface area contributed by atoms with E-state index in [0.717, 1.165) is 29.5 Å². The number of rotatable bonds is 3. The van der Waals surface area contributed by atoms with Gasteiger partial charge >= 0.3 is 0 Å². The van der Waals surface area contributed by atoms with Gasteiger partial charge in [0.25, 0.3) is 5.91 Å². The molecule has 1 N–H and O–H groups in total. The van der Waals surface area contributed by atoms with Crippen LogP contribution >= 0.6 is 0 Å². The molecule has 2 fully saturated rings. The number of carbonyl (C=O) groups is 1. The molecule has 35 heavy (non-hydrogen) atoms. The zero-order chi connectivity index (χ0) is 24.2. The van der Waals surface area contributed by atoms with Crippen LogP contribution in [0.5, 0.6) is 11.5 Å². The van der Waals surface area contributed by atoms with Gasteiger partial charge in [0.1, 0.15) is 5.60 Å². The highest BCUT2D eigenvalue weighted by Crippen LogP contribution is 2.54. The first-order chi connectivity index (χ1) is 16.9. The molecule has 0 bridgehead atoms. The summed E-state index contributed by atoms with van der Waals surface area (Å²) >= 11 is 0. The molecule has 1 aromatic heterocycles. The van der Waals surface area contributed by atoms with Crippen molar-refractivity contribution < 1.29 is 19.4 Å². The first-order valence-corrected chi connectivity index (χ1v) is 12.4. The number of hydrogen-bond donors (Lipinski definition) is 1. The van der Waals surface area contributed by atoms with Gasteiger partial charge in [-0.2, -0.15) is 0 Å². The number of amides is 1. The Bertz CT molecular complexity index is 1240. The highest BCUT2D eigenvalue weighted by atomic mass is 16.5. The molecule has 0 spiro atoms. The molecule has 6 rings (SSSR count). The van der Waals surface area contributed by atoms with Crippen molar-refractivity contribution >= 4 is 5.91 Å². The molecule has 0 saturated carbocycles. The fourth-order valence-corrected chi connectivity index (χ4v) is 6.06. The van der Waals surface area contributed by atoms with Crippen LogP contribution in [-0.4, -0.2) is 50.3 Å². The number of imidazole rings is 1. The monoisotopic (exact) mass is 473 g/mol. The second-order valence-electron chi connectivity index (χ2n) is 10.6. The smallest absolute Gasteiger partial charge is 0.253 e. The Kier molecular flexibility index (Phi) is 5.33. The Balaban J connectivity index is 1.19. The highest BCUT2D eigenvalue weighted by Gasteiger charge is 2.52. The quantitative estimate of drug-likeness (QED) is 0.610. The molecule has 7 nitrogen and oxygen atoms in total. The normalized spacial score (nSPS) is 26.7. The van der Waals surface area contributed by atoms with E-state index in [1.807, 2.05) is 52.1 Å². The van der Waals surface area contributed by atoms with Crippen LogP contribution in [0.4, 0.5) is 0 Å². The number of carbonyl (C=O) groups excluding carboxylic acids is 1. The fraction of sp³-hybridized carbons (Fsp3) is 0.429. The number of phenols is 1. The molecule has 182 valence electrons. The molecular weight excluding hydrogens is 442 g/mol. The van der Waals surface area contributed by atoms with Gasteiger partial charge < -0.3 is 24.0 Å². The lowest BCUT2D eigenvalue weighted by molar-refractivity contribution is -0.184. The van der Waals surface area contributed by atoms with Crippen LogP contribution in [0.2, 0.25) is 0 Å². The molecule has 3 aliphatic rings. The van der Waals surface area contributed by atoms with E-state index in [4.69, 9.17) is 9.47 Å². The summed E-state index contributed by atoms with van der Waals surface area (Å²) < 4.78 is 15.0. The van der Waals surface area contributed by atoms with Crippen molar-refractivity contribution in [2.75, 3.05) is 13.1 Å². The van der Waals surface area contributed by atoms with E-state index < -0.39 is 5.60 Å². The first kappa shape index (κ1) is 22.2. The Hall–Kier alpha value is -3.32. The highest BCUT2D eigenvalue weighted by molar-refractivity contribution is 5.94. The van der Waals surface area contributed by atoms with Crippen LogP contribution in [-0.2, 0) is 11.3 Å². The number of ether oxygens (including phenoxy) is 2. The summed E-state index contributed by atoms with van der Waals surface area (Å²) in [6, 6.07) is 13.4. The van der Waals surface area contributed by atoms with E-state index in [0.29, 0.717) is 25.4 Å². The minimum atomic E-state index is -0.477. The molecule has 4 atom stereocenters. The lowest BCUT2D eigenvalue weighted by atomic mass is 9.70. The lowest BCUT2D eigenvalue weighted by Crippen LogP contribution is -2.56. The van der Waals surface area contributed by atoms with Crippen LogP contribution in [0.15, 0.2) is 61.2 Å². The predicted octanol–water partition coefficient (Wildman–Crippen LogP) is 4.42. The van der Waals surface area contributed by atoms with Crippen molar-refractivity contribution in [2.24, 2.45) is 11.8 Å². The molecule has 2 aromatic carbocycles. The Morgan fingerprint density at radius 2 is 2.09 bits per heavy atom. The van der Waals surface area contributed by atoms with Crippen LogP contribution < -0.4 is 4.74 Å². The van der Waals surface area contributed by atoms with E-state index >= 15 is 0 Å². The largest absolute Gasteiger partial charge is 0.504 e. The van der Waals surface area contributed by atoms with Crippen LogP contribution in [0.3, 0.4) is 0 Å². The van der Waals surface area contributed by atoms with Crippen LogP contribution in [0.1, 0.15) is 54.3 Å². The molecule has 4 heterocycles. The Labute approximate surface area is 205 Å². The first-order valence-electron chi connectivity index (χ1n) is 12.4. The van der Waals surface area contributed by atoms with Crippen LogP contribution in [0, 0.1) is 11.8 Å². The van der Waals surface area contributed by atoms with Crippen molar-refractivity contribution in [1.82, 2.24) is 14.5 Å². The van der Waals surface area contributed by atoms with Gasteiger partial charge in [0, 0.05) is 55.0 Å². The average molecular weight is 474 g/mol. The van der Waals surface area contributed by atoms with Gasteiger partial charge in [0.05, 0.1) is 18.5 Å². The summed E-state index contributed by atoms with van der Waals surface area (Å²) in [5.41, 5.74) is 2.26. The van der Waals surface area contributed by atoms with Crippen molar-refractivity contribution in [1.29, 1.82) is 0 Å². The fourth-order valence-electron chi connectivity index (χ4n) is 6.06. The Morgan fingerprint density at radius 3 is 2.91 bits per heavy atom. The number of benzene rings is 2. The van der Waals surface area contributed by atoms with Gasteiger partial charge in [-0.3, -0.25) is 4.79 Å². The second-order valence-corrected chi connectivity index (χ2v) is 10.6. The van der Waals surface area contributed by atoms with Gasteiger partial charge in [-0.05, 0) is 50.5 Å². The van der Waals surface area contributed by atoms with Crippen molar-refractivity contribution in [3.8, 4) is 11.5 Å². The molecule has 0 unspecified atom stereocenters. The molecule has 0 radical (unpaired) electrons. The molecule has 1 amide bonds. The number of aromatic nitrogens is 2. The minimum absolute atomic E-state index is 0.0764. The zero-order valence-corrected chi connectivity index (χ0v) is 20.1. The lowest BCUT2D eigenvalue weighted by Gasteiger charge is -2.53. The molecule has 0 aliphatic carbocycles. The number of piperidine rings is 1. The number of aromatic hydroxyl groups is 1. The molecule has 7 heteroatoms. The maximum atomic E-state index is 13.5. The molecular formula is C28H31N3O4. The number of para-hydroxylation sites is 1. The third-order valence-electron chi connectivity index (χ3n) is 7.88. The third-order valence-corrected chi connectivity index (χ3v) is 7.88. The van der Waals surface area contributed by atoms with Crippen molar-refractivity contribution in [3.05, 3.63) is 77.9 Å². The topological polar surface area (TPSA) is 76.8 Å². The molecule has 2 saturated heterocycles. The zero-order valence-electron chi connectivity index (χ0n) is 20.1. The van der Waals surface area contributed by atoms with Gasteiger partial charge in [0.2, 0.25) is 0 Å².